The van der Waals surface area contributed by atoms with E-state index < -0.39 is 0 Å². The molecule has 0 amide bonds. The fraction of sp³-hybridized carbons (Fsp3) is 0.143. The summed E-state index contributed by atoms with van der Waals surface area (Å²) in [5.74, 6) is 2.10. The first-order chi connectivity index (χ1) is 23.4. The molecule has 3 aromatic carbocycles. The van der Waals surface area contributed by atoms with Gasteiger partial charge in [-0.1, -0.05) is 90.7 Å². The predicted octanol–water partition coefficient (Wildman–Crippen LogP) is 9.67. The van der Waals surface area contributed by atoms with Crippen LogP contribution in [0.4, 0.5) is 0 Å². The maximum Gasteiger partial charge on any atom is 0.165 e. The largest absolute Gasteiger partial charge is 0.304 e. The quantitative estimate of drug-likeness (QED) is 0.142. The zero-order valence-corrected chi connectivity index (χ0v) is 30.2. The molecule has 243 valence electrons. The Morgan fingerprint density at radius 1 is 0.592 bits per heavy atom. The third-order valence-corrected chi connectivity index (χ3v) is 8.19. The molecule has 7 aromatic rings. The summed E-state index contributed by atoms with van der Waals surface area (Å²) < 4.78 is 0. The van der Waals surface area contributed by atoms with Crippen molar-refractivity contribution in [1.82, 2.24) is 29.9 Å². The van der Waals surface area contributed by atoms with E-state index in [1.807, 2.05) is 42.6 Å². The number of benzene rings is 3. The van der Waals surface area contributed by atoms with E-state index in [9.17, 15) is 0 Å². The number of aromatic nitrogens is 6. The maximum atomic E-state index is 4.88. The van der Waals surface area contributed by atoms with Crippen LogP contribution in [-0.2, 0) is 26.5 Å². The Morgan fingerprint density at radius 2 is 1.18 bits per heavy atom. The molecule has 0 aliphatic heterocycles. The summed E-state index contributed by atoms with van der Waals surface area (Å²) >= 11 is 0. The zero-order valence-electron chi connectivity index (χ0n) is 27.8. The summed E-state index contributed by atoms with van der Waals surface area (Å²) in [6.45, 7) is 8.84. The second-order valence-corrected chi connectivity index (χ2v) is 12.5. The van der Waals surface area contributed by atoms with Crippen LogP contribution in [0.3, 0.4) is 0 Å². The maximum absolute atomic E-state index is 4.88. The summed E-state index contributed by atoms with van der Waals surface area (Å²) in [6, 6.07) is 35.0. The van der Waals surface area contributed by atoms with Crippen LogP contribution in [0.25, 0.3) is 67.7 Å². The van der Waals surface area contributed by atoms with Crippen molar-refractivity contribution in [1.29, 1.82) is 0 Å². The van der Waals surface area contributed by atoms with Gasteiger partial charge in [0.05, 0.1) is 0 Å². The number of hydrogen-bond donors (Lipinski definition) is 0. The molecule has 0 fully saturated rings. The molecule has 7 heteroatoms. The molecule has 0 bridgehead atoms. The summed E-state index contributed by atoms with van der Waals surface area (Å²) in [6.07, 6.45) is 9.73. The van der Waals surface area contributed by atoms with Crippen LogP contribution in [0.1, 0.15) is 30.5 Å². The molecule has 4 heterocycles. The van der Waals surface area contributed by atoms with Crippen molar-refractivity contribution < 1.29 is 20.1 Å². The van der Waals surface area contributed by atoms with Crippen molar-refractivity contribution in [3.05, 3.63) is 145 Å². The first-order valence-electron chi connectivity index (χ1n) is 16.2. The van der Waals surface area contributed by atoms with Gasteiger partial charge in [-0.3, -0.25) is 9.97 Å². The summed E-state index contributed by atoms with van der Waals surface area (Å²) in [5.41, 5.74) is 12.9. The Hall–Kier alpha value is -5.23. The molecule has 0 spiro atoms. The molecule has 7 rings (SSSR count). The molecule has 49 heavy (non-hydrogen) atoms. The molecule has 4 aromatic heterocycles. The standard InChI is InChI=1S/C42H35N6.Ir/c1-27(2)19-34-23-30(13-15-37(34)38-12-6-5-11-36(38)35-21-28(3)20-29(4)22-35)39-16-14-33(26-45-39)42-47-40(31-9-7-17-43-24-31)46-41(48-42)32-10-8-18-44-25-32;/h5-12,14-18,20-27H,19H2,1-4H3;/q-1;. The van der Waals surface area contributed by atoms with Gasteiger partial charge < -0.3 is 4.98 Å². The Balaban J connectivity index is 0.00000417. The van der Waals surface area contributed by atoms with E-state index in [2.05, 4.69) is 98.3 Å². The van der Waals surface area contributed by atoms with E-state index in [0.29, 0.717) is 23.4 Å². The van der Waals surface area contributed by atoms with Crippen molar-refractivity contribution in [2.75, 3.05) is 0 Å². The SMILES string of the molecule is Cc1cc(C)cc(-c2ccccc2-c2c[c-]c(-c3ccc(-c4nc(-c5cccnc5)nc(-c5cccnc5)n4)cn3)cc2CC(C)C)c1.[Ir]. The van der Waals surface area contributed by atoms with E-state index in [0.717, 1.165) is 34.4 Å². The average Bonchev–Trinajstić information content (AvgIpc) is 3.11. The molecular weight excluding hydrogens is 781 g/mol. The minimum absolute atomic E-state index is 0. The molecule has 0 atom stereocenters. The van der Waals surface area contributed by atoms with Gasteiger partial charge in [-0.15, -0.1) is 29.3 Å². The third kappa shape index (κ3) is 7.59. The van der Waals surface area contributed by atoms with E-state index in [1.165, 1.54) is 38.9 Å². The predicted molar refractivity (Wildman–Crippen MR) is 193 cm³/mol. The topological polar surface area (TPSA) is 77.3 Å². The van der Waals surface area contributed by atoms with Crippen LogP contribution in [0, 0.1) is 25.8 Å². The molecule has 1 radical (unpaired) electrons. The molecule has 0 N–H and O–H groups in total. The van der Waals surface area contributed by atoms with Gasteiger partial charge in [0.2, 0.25) is 0 Å². The summed E-state index contributed by atoms with van der Waals surface area (Å²) in [4.78, 5) is 27.8. The number of hydrogen-bond acceptors (Lipinski definition) is 6. The van der Waals surface area contributed by atoms with Crippen molar-refractivity contribution in [3.63, 3.8) is 0 Å². The van der Waals surface area contributed by atoms with E-state index in [-0.39, 0.29) is 20.1 Å². The van der Waals surface area contributed by atoms with Crippen LogP contribution < -0.4 is 0 Å². The van der Waals surface area contributed by atoms with E-state index >= 15 is 0 Å². The Kier molecular flexibility index (Phi) is 10.2. The van der Waals surface area contributed by atoms with Gasteiger partial charge in [-0.2, -0.15) is 0 Å². The summed E-state index contributed by atoms with van der Waals surface area (Å²) in [7, 11) is 0. The second-order valence-electron chi connectivity index (χ2n) is 12.5. The van der Waals surface area contributed by atoms with Gasteiger partial charge in [0.25, 0.3) is 0 Å². The first kappa shape index (κ1) is 33.7. The Morgan fingerprint density at radius 3 is 1.71 bits per heavy atom. The zero-order chi connectivity index (χ0) is 33.0. The van der Waals surface area contributed by atoms with E-state index in [1.54, 1.807) is 24.8 Å². The smallest absolute Gasteiger partial charge is 0.165 e. The van der Waals surface area contributed by atoms with Gasteiger partial charge in [-0.05, 0) is 67.3 Å². The molecule has 0 unspecified atom stereocenters. The molecular formula is C42H35IrN6-. The van der Waals surface area contributed by atoms with Gasteiger partial charge in [0, 0.05) is 67.8 Å². The molecule has 0 aliphatic rings. The Bertz CT molecular complexity index is 2120. The monoisotopic (exact) mass is 816 g/mol. The van der Waals surface area contributed by atoms with Gasteiger partial charge >= 0.3 is 0 Å². The molecule has 0 saturated heterocycles. The van der Waals surface area contributed by atoms with Crippen LogP contribution in [-0.4, -0.2) is 29.9 Å². The number of rotatable bonds is 8. The molecule has 0 aliphatic carbocycles. The van der Waals surface area contributed by atoms with Crippen molar-refractivity contribution in [2.45, 2.75) is 34.1 Å². The van der Waals surface area contributed by atoms with E-state index in [4.69, 9.17) is 19.9 Å². The van der Waals surface area contributed by atoms with Crippen LogP contribution >= 0.6 is 0 Å². The fourth-order valence-corrected chi connectivity index (χ4v) is 6.08. The van der Waals surface area contributed by atoms with Crippen molar-refractivity contribution >= 4 is 0 Å². The van der Waals surface area contributed by atoms with Gasteiger partial charge in [0.1, 0.15) is 0 Å². The van der Waals surface area contributed by atoms with Crippen molar-refractivity contribution in [2.24, 2.45) is 5.92 Å². The number of pyridine rings is 3. The van der Waals surface area contributed by atoms with Gasteiger partial charge in [0.15, 0.2) is 17.5 Å². The first-order valence-corrected chi connectivity index (χ1v) is 16.2. The fourth-order valence-electron chi connectivity index (χ4n) is 6.08. The molecule has 0 saturated carbocycles. The van der Waals surface area contributed by atoms with Crippen LogP contribution in [0.15, 0.2) is 122 Å². The van der Waals surface area contributed by atoms with Gasteiger partial charge in [-0.25, -0.2) is 15.0 Å². The number of nitrogens with zero attached hydrogens (tertiary/aromatic N) is 6. The molecule has 6 nitrogen and oxygen atoms in total. The van der Waals surface area contributed by atoms with Crippen molar-refractivity contribution in [3.8, 4) is 67.7 Å². The second kappa shape index (κ2) is 14.9. The third-order valence-electron chi connectivity index (χ3n) is 8.19. The Labute approximate surface area is 301 Å². The average molecular weight is 816 g/mol. The normalized spacial score (nSPS) is 11.0. The minimum Gasteiger partial charge on any atom is -0.304 e. The summed E-state index contributed by atoms with van der Waals surface area (Å²) in [5, 5.41) is 0. The minimum atomic E-state index is 0. The van der Waals surface area contributed by atoms with Crippen LogP contribution in [0.5, 0.6) is 0 Å². The number of aryl methyl sites for hydroxylation is 2. The van der Waals surface area contributed by atoms with Crippen LogP contribution in [0.2, 0.25) is 0 Å².